The van der Waals surface area contributed by atoms with Crippen molar-refractivity contribution in [2.24, 2.45) is 0 Å². The Labute approximate surface area is 113 Å². The lowest BCUT2D eigenvalue weighted by atomic mass is 10.2. The molecule has 0 spiro atoms. The number of rotatable bonds is 3. The Morgan fingerprint density at radius 3 is 2.76 bits per heavy atom. The van der Waals surface area contributed by atoms with Gasteiger partial charge in [0.1, 0.15) is 0 Å². The van der Waals surface area contributed by atoms with Crippen LogP contribution in [0.15, 0.2) is 35.7 Å². The Hall–Kier alpha value is -1.13. The standard InChI is InChI=1S/C13H12BrNOS/c1-9-6-7-17-12(9)13(16)15-11-5-3-2-4-10(11)8-14/h2-7H,8H2,1H3,(H,15,16). The molecule has 0 aliphatic carbocycles. The van der Waals surface area contributed by atoms with Crippen molar-refractivity contribution in [3.05, 3.63) is 51.7 Å². The molecule has 2 nitrogen and oxygen atoms in total. The Morgan fingerprint density at radius 1 is 1.35 bits per heavy atom. The molecule has 17 heavy (non-hydrogen) atoms. The first kappa shape index (κ1) is 12.3. The number of anilines is 1. The highest BCUT2D eigenvalue weighted by Crippen LogP contribution is 2.21. The van der Waals surface area contributed by atoms with Gasteiger partial charge in [0.15, 0.2) is 0 Å². The molecule has 0 saturated heterocycles. The zero-order chi connectivity index (χ0) is 12.3. The van der Waals surface area contributed by atoms with E-state index >= 15 is 0 Å². The molecule has 0 bridgehead atoms. The number of nitrogens with one attached hydrogen (secondary N) is 1. The van der Waals surface area contributed by atoms with Gasteiger partial charge in [-0.05, 0) is 35.6 Å². The lowest BCUT2D eigenvalue weighted by molar-refractivity contribution is 0.103. The number of alkyl halides is 1. The van der Waals surface area contributed by atoms with E-state index in [0.29, 0.717) is 0 Å². The summed E-state index contributed by atoms with van der Waals surface area (Å²) in [5.74, 6) is -0.0362. The van der Waals surface area contributed by atoms with Gasteiger partial charge in [0.05, 0.1) is 4.88 Å². The summed E-state index contributed by atoms with van der Waals surface area (Å²) < 4.78 is 0. The summed E-state index contributed by atoms with van der Waals surface area (Å²) in [6.45, 7) is 1.95. The van der Waals surface area contributed by atoms with Gasteiger partial charge in [0.25, 0.3) is 5.91 Å². The summed E-state index contributed by atoms with van der Waals surface area (Å²) in [6, 6.07) is 9.74. The van der Waals surface area contributed by atoms with E-state index in [-0.39, 0.29) is 5.91 Å². The van der Waals surface area contributed by atoms with Gasteiger partial charge in [-0.3, -0.25) is 4.79 Å². The molecule has 1 aromatic carbocycles. The third-order valence-corrected chi connectivity index (χ3v) is 4.10. The van der Waals surface area contributed by atoms with E-state index < -0.39 is 0 Å². The summed E-state index contributed by atoms with van der Waals surface area (Å²) >= 11 is 4.88. The molecule has 4 heteroatoms. The molecule has 0 aliphatic heterocycles. The van der Waals surface area contributed by atoms with Crippen LogP contribution in [0, 0.1) is 6.92 Å². The summed E-state index contributed by atoms with van der Waals surface area (Å²) in [4.78, 5) is 12.8. The van der Waals surface area contributed by atoms with Gasteiger partial charge < -0.3 is 5.32 Å². The average Bonchev–Trinajstić information content (AvgIpc) is 2.76. The molecule has 0 saturated carbocycles. The molecule has 0 radical (unpaired) electrons. The third kappa shape index (κ3) is 2.76. The van der Waals surface area contributed by atoms with Crippen LogP contribution in [0.2, 0.25) is 0 Å². The van der Waals surface area contributed by atoms with Crippen LogP contribution in [0.5, 0.6) is 0 Å². The van der Waals surface area contributed by atoms with Gasteiger partial charge in [-0.25, -0.2) is 0 Å². The number of hydrogen-bond acceptors (Lipinski definition) is 2. The first-order valence-electron chi connectivity index (χ1n) is 5.21. The Bertz CT molecular complexity index is 536. The molecular formula is C13H12BrNOS. The van der Waals surface area contributed by atoms with Crippen LogP contribution < -0.4 is 5.32 Å². The highest BCUT2D eigenvalue weighted by atomic mass is 79.9. The largest absolute Gasteiger partial charge is 0.321 e. The van der Waals surface area contributed by atoms with Crippen molar-refractivity contribution in [3.8, 4) is 0 Å². The average molecular weight is 310 g/mol. The van der Waals surface area contributed by atoms with E-state index in [0.717, 1.165) is 27.0 Å². The SMILES string of the molecule is Cc1ccsc1C(=O)Nc1ccccc1CBr. The maximum absolute atomic E-state index is 12.0. The van der Waals surface area contributed by atoms with Crippen molar-refractivity contribution in [1.29, 1.82) is 0 Å². The molecule has 88 valence electrons. The van der Waals surface area contributed by atoms with Crippen molar-refractivity contribution < 1.29 is 4.79 Å². The number of halogens is 1. The third-order valence-electron chi connectivity index (χ3n) is 2.48. The van der Waals surface area contributed by atoms with E-state index in [9.17, 15) is 4.79 Å². The van der Waals surface area contributed by atoms with E-state index in [4.69, 9.17) is 0 Å². The predicted molar refractivity (Wildman–Crippen MR) is 76.1 cm³/mol. The van der Waals surface area contributed by atoms with Gasteiger partial charge in [0, 0.05) is 11.0 Å². The van der Waals surface area contributed by atoms with Crippen LogP contribution in [0.25, 0.3) is 0 Å². The predicted octanol–water partition coefficient (Wildman–Crippen LogP) is 4.20. The number of benzene rings is 1. The Balaban J connectivity index is 2.22. The van der Waals surface area contributed by atoms with E-state index in [2.05, 4.69) is 21.2 Å². The summed E-state index contributed by atoms with van der Waals surface area (Å²) in [5, 5.41) is 5.61. The highest BCUT2D eigenvalue weighted by Gasteiger charge is 2.11. The van der Waals surface area contributed by atoms with Crippen LogP contribution in [0.1, 0.15) is 20.8 Å². The van der Waals surface area contributed by atoms with Crippen LogP contribution >= 0.6 is 27.3 Å². The molecule has 1 amide bonds. The molecule has 0 aliphatic rings. The molecule has 2 rings (SSSR count). The van der Waals surface area contributed by atoms with E-state index in [1.54, 1.807) is 0 Å². The van der Waals surface area contributed by atoms with Crippen molar-refractivity contribution in [3.63, 3.8) is 0 Å². The smallest absolute Gasteiger partial charge is 0.266 e. The molecule has 0 unspecified atom stereocenters. The Morgan fingerprint density at radius 2 is 2.12 bits per heavy atom. The number of carbonyl (C=O) groups is 1. The Kier molecular flexibility index (Phi) is 3.97. The minimum absolute atomic E-state index is 0.0362. The second-order valence-electron chi connectivity index (χ2n) is 3.68. The van der Waals surface area contributed by atoms with E-state index in [1.165, 1.54) is 11.3 Å². The zero-order valence-corrected chi connectivity index (χ0v) is 11.8. The van der Waals surface area contributed by atoms with Crippen molar-refractivity contribution >= 4 is 38.9 Å². The number of hydrogen-bond donors (Lipinski definition) is 1. The fraction of sp³-hybridized carbons (Fsp3) is 0.154. The fourth-order valence-corrected chi connectivity index (χ4v) is 2.85. The number of thiophene rings is 1. The minimum atomic E-state index is -0.0362. The number of aryl methyl sites for hydroxylation is 1. The quantitative estimate of drug-likeness (QED) is 0.846. The van der Waals surface area contributed by atoms with Crippen LogP contribution in [-0.4, -0.2) is 5.91 Å². The second-order valence-corrected chi connectivity index (χ2v) is 5.15. The second kappa shape index (κ2) is 5.47. The van der Waals surface area contributed by atoms with Gasteiger partial charge in [-0.1, -0.05) is 34.1 Å². The zero-order valence-electron chi connectivity index (χ0n) is 9.37. The maximum Gasteiger partial charge on any atom is 0.266 e. The van der Waals surface area contributed by atoms with Gasteiger partial charge in [0.2, 0.25) is 0 Å². The number of carbonyl (C=O) groups excluding carboxylic acids is 1. The minimum Gasteiger partial charge on any atom is -0.321 e. The summed E-state index contributed by atoms with van der Waals surface area (Å²) in [5.41, 5.74) is 2.96. The summed E-state index contributed by atoms with van der Waals surface area (Å²) in [7, 11) is 0. The number of amides is 1. The van der Waals surface area contributed by atoms with E-state index in [1.807, 2.05) is 42.6 Å². The van der Waals surface area contributed by atoms with Gasteiger partial charge >= 0.3 is 0 Å². The normalized spacial score (nSPS) is 10.2. The number of para-hydroxylation sites is 1. The molecule has 0 fully saturated rings. The summed E-state index contributed by atoms with van der Waals surface area (Å²) in [6.07, 6.45) is 0. The lowest BCUT2D eigenvalue weighted by Gasteiger charge is -2.08. The molecule has 2 aromatic rings. The first-order valence-corrected chi connectivity index (χ1v) is 7.22. The van der Waals surface area contributed by atoms with Crippen LogP contribution in [-0.2, 0) is 5.33 Å². The topological polar surface area (TPSA) is 29.1 Å². The molecule has 0 atom stereocenters. The molecule has 1 N–H and O–H groups in total. The highest BCUT2D eigenvalue weighted by molar-refractivity contribution is 9.08. The van der Waals surface area contributed by atoms with Crippen LogP contribution in [0.3, 0.4) is 0 Å². The lowest BCUT2D eigenvalue weighted by Crippen LogP contribution is -2.12. The molecule has 1 aromatic heterocycles. The maximum atomic E-state index is 12.0. The van der Waals surface area contributed by atoms with Crippen LogP contribution in [0.4, 0.5) is 5.69 Å². The fourth-order valence-electron chi connectivity index (χ4n) is 1.54. The van der Waals surface area contributed by atoms with Gasteiger partial charge in [-0.2, -0.15) is 0 Å². The van der Waals surface area contributed by atoms with Gasteiger partial charge in [-0.15, -0.1) is 11.3 Å². The van der Waals surface area contributed by atoms with Crippen molar-refractivity contribution in [2.75, 3.05) is 5.32 Å². The van der Waals surface area contributed by atoms with Crippen molar-refractivity contribution in [2.45, 2.75) is 12.3 Å². The van der Waals surface area contributed by atoms with Crippen molar-refractivity contribution in [1.82, 2.24) is 0 Å². The molecule has 1 heterocycles. The molecular weight excluding hydrogens is 298 g/mol. The first-order chi connectivity index (χ1) is 8.22. The monoisotopic (exact) mass is 309 g/mol.